The fourth-order valence-corrected chi connectivity index (χ4v) is 2.48. The summed E-state index contributed by atoms with van der Waals surface area (Å²) in [6.45, 7) is 0.789. The zero-order chi connectivity index (χ0) is 13.9. The molecule has 0 spiro atoms. The van der Waals surface area contributed by atoms with Gasteiger partial charge in [0.05, 0.1) is 5.60 Å². The third kappa shape index (κ3) is 3.52. The first-order chi connectivity index (χ1) is 9.00. The van der Waals surface area contributed by atoms with Crippen LogP contribution in [0.1, 0.15) is 41.6 Å². The summed E-state index contributed by atoms with van der Waals surface area (Å²) in [7, 11) is 0. The molecule has 0 aromatic heterocycles. The van der Waals surface area contributed by atoms with Crippen LogP contribution in [-0.2, 0) is 6.54 Å². The monoisotopic (exact) mass is 266 g/mol. The van der Waals surface area contributed by atoms with Gasteiger partial charge in [0.2, 0.25) is 5.91 Å². The highest BCUT2D eigenvalue weighted by atomic mass is 19.1. The molecular formula is C14H19FN2O2. The Labute approximate surface area is 111 Å². The summed E-state index contributed by atoms with van der Waals surface area (Å²) < 4.78 is 13.7. The fourth-order valence-electron chi connectivity index (χ4n) is 2.48. The fraction of sp³-hybridized carbons (Fsp3) is 0.500. The SMILES string of the molecule is NC(=O)c1ccc(CNCC2(O)CCCC2)c(F)c1. The van der Waals surface area contributed by atoms with Crippen LogP contribution in [-0.4, -0.2) is 23.2 Å². The molecule has 2 rings (SSSR count). The number of benzene rings is 1. The minimum absolute atomic E-state index is 0.163. The van der Waals surface area contributed by atoms with Crippen LogP contribution in [0.3, 0.4) is 0 Å². The quantitative estimate of drug-likeness (QED) is 0.752. The van der Waals surface area contributed by atoms with Crippen LogP contribution in [0.15, 0.2) is 18.2 Å². The molecule has 1 aromatic carbocycles. The third-order valence-electron chi connectivity index (χ3n) is 3.64. The van der Waals surface area contributed by atoms with Gasteiger partial charge < -0.3 is 16.2 Å². The van der Waals surface area contributed by atoms with E-state index in [1.54, 1.807) is 6.07 Å². The van der Waals surface area contributed by atoms with Gasteiger partial charge >= 0.3 is 0 Å². The van der Waals surface area contributed by atoms with E-state index in [2.05, 4.69) is 5.32 Å². The van der Waals surface area contributed by atoms with Crippen LogP contribution in [0.2, 0.25) is 0 Å². The van der Waals surface area contributed by atoms with Crippen molar-refractivity contribution in [1.82, 2.24) is 5.32 Å². The topological polar surface area (TPSA) is 75.4 Å². The van der Waals surface area contributed by atoms with Gasteiger partial charge in [-0.3, -0.25) is 4.79 Å². The lowest BCUT2D eigenvalue weighted by Gasteiger charge is -2.22. The third-order valence-corrected chi connectivity index (χ3v) is 3.64. The summed E-state index contributed by atoms with van der Waals surface area (Å²) >= 11 is 0. The predicted octanol–water partition coefficient (Wildman–Crippen LogP) is 1.32. The van der Waals surface area contributed by atoms with Crippen molar-refractivity contribution in [3.05, 3.63) is 35.1 Å². The second-order valence-electron chi connectivity index (χ2n) is 5.21. The number of halogens is 1. The van der Waals surface area contributed by atoms with Crippen molar-refractivity contribution in [1.29, 1.82) is 0 Å². The maximum absolute atomic E-state index is 13.7. The Bertz CT molecular complexity index is 471. The highest BCUT2D eigenvalue weighted by Gasteiger charge is 2.30. The molecule has 0 bridgehead atoms. The minimum atomic E-state index is -0.649. The number of nitrogens with one attached hydrogen (secondary N) is 1. The van der Waals surface area contributed by atoms with Gasteiger partial charge in [-0.25, -0.2) is 4.39 Å². The number of aliphatic hydroxyl groups is 1. The molecule has 1 amide bonds. The van der Waals surface area contributed by atoms with Crippen LogP contribution in [0, 0.1) is 5.82 Å². The Morgan fingerprint density at radius 2 is 2.11 bits per heavy atom. The summed E-state index contributed by atoms with van der Waals surface area (Å²) in [5.41, 5.74) is 5.06. The molecule has 5 heteroatoms. The highest BCUT2D eigenvalue weighted by molar-refractivity contribution is 5.92. The maximum Gasteiger partial charge on any atom is 0.248 e. The Balaban J connectivity index is 1.91. The second kappa shape index (κ2) is 5.67. The average Bonchev–Trinajstić information content (AvgIpc) is 2.78. The van der Waals surface area contributed by atoms with Gasteiger partial charge in [-0.2, -0.15) is 0 Å². The van der Waals surface area contributed by atoms with Gasteiger partial charge in [-0.05, 0) is 25.0 Å². The van der Waals surface area contributed by atoms with Crippen molar-refractivity contribution in [2.45, 2.75) is 37.8 Å². The minimum Gasteiger partial charge on any atom is -0.389 e. The van der Waals surface area contributed by atoms with E-state index in [1.165, 1.54) is 6.07 Å². The smallest absolute Gasteiger partial charge is 0.248 e. The summed E-state index contributed by atoms with van der Waals surface area (Å²) in [4.78, 5) is 10.9. The standard InChI is InChI=1S/C14H19FN2O2/c15-12-7-10(13(16)18)3-4-11(12)8-17-9-14(19)5-1-2-6-14/h3-4,7,17,19H,1-2,5-6,8-9H2,(H2,16,18). The van der Waals surface area contributed by atoms with E-state index in [-0.39, 0.29) is 5.56 Å². The number of hydrogen-bond acceptors (Lipinski definition) is 3. The molecule has 1 fully saturated rings. The number of carbonyl (C=O) groups is 1. The van der Waals surface area contributed by atoms with E-state index in [4.69, 9.17) is 5.73 Å². The summed E-state index contributed by atoms with van der Waals surface area (Å²) in [6, 6.07) is 4.19. The van der Waals surface area contributed by atoms with Crippen molar-refractivity contribution < 1.29 is 14.3 Å². The van der Waals surface area contributed by atoms with E-state index in [0.717, 1.165) is 31.7 Å². The molecule has 0 unspecified atom stereocenters. The van der Waals surface area contributed by atoms with Crippen LogP contribution < -0.4 is 11.1 Å². The second-order valence-corrected chi connectivity index (χ2v) is 5.21. The molecule has 4 nitrogen and oxygen atoms in total. The molecule has 0 heterocycles. The zero-order valence-corrected chi connectivity index (χ0v) is 10.8. The molecule has 0 aliphatic heterocycles. The summed E-state index contributed by atoms with van der Waals surface area (Å²) in [6.07, 6.45) is 3.67. The number of nitrogens with two attached hydrogens (primary N) is 1. The van der Waals surface area contributed by atoms with Crippen LogP contribution in [0.5, 0.6) is 0 Å². The number of carbonyl (C=O) groups excluding carboxylic acids is 1. The van der Waals surface area contributed by atoms with Gasteiger partial charge in [-0.1, -0.05) is 18.9 Å². The Morgan fingerprint density at radius 3 is 2.68 bits per heavy atom. The largest absolute Gasteiger partial charge is 0.389 e. The molecule has 0 atom stereocenters. The molecular weight excluding hydrogens is 247 g/mol. The predicted molar refractivity (Wildman–Crippen MR) is 70.0 cm³/mol. The van der Waals surface area contributed by atoms with E-state index < -0.39 is 17.3 Å². The highest BCUT2D eigenvalue weighted by Crippen LogP contribution is 2.28. The lowest BCUT2D eigenvalue weighted by atomic mass is 10.0. The Morgan fingerprint density at radius 1 is 1.42 bits per heavy atom. The van der Waals surface area contributed by atoms with Crippen molar-refractivity contribution in [2.75, 3.05) is 6.54 Å². The first kappa shape index (κ1) is 14.0. The first-order valence-corrected chi connectivity index (χ1v) is 6.51. The lowest BCUT2D eigenvalue weighted by Crippen LogP contribution is -2.37. The summed E-state index contributed by atoms with van der Waals surface area (Å²) in [5, 5.41) is 13.2. The molecule has 0 radical (unpaired) electrons. The average molecular weight is 266 g/mol. The van der Waals surface area contributed by atoms with Gasteiger partial charge in [0.25, 0.3) is 0 Å². The Kier molecular flexibility index (Phi) is 4.17. The molecule has 1 aromatic rings. The maximum atomic E-state index is 13.7. The van der Waals surface area contributed by atoms with E-state index >= 15 is 0 Å². The summed E-state index contributed by atoms with van der Waals surface area (Å²) in [5.74, 6) is -1.10. The number of amides is 1. The van der Waals surface area contributed by atoms with Crippen LogP contribution in [0.4, 0.5) is 4.39 Å². The number of primary amides is 1. The van der Waals surface area contributed by atoms with Crippen LogP contribution >= 0.6 is 0 Å². The molecule has 4 N–H and O–H groups in total. The molecule has 1 aliphatic rings. The number of rotatable bonds is 5. The van der Waals surface area contributed by atoms with Gasteiger partial charge in [0, 0.05) is 24.2 Å². The van der Waals surface area contributed by atoms with Crippen molar-refractivity contribution in [3.63, 3.8) is 0 Å². The van der Waals surface area contributed by atoms with E-state index in [0.29, 0.717) is 18.7 Å². The van der Waals surface area contributed by atoms with E-state index in [9.17, 15) is 14.3 Å². The van der Waals surface area contributed by atoms with E-state index in [1.807, 2.05) is 0 Å². The van der Waals surface area contributed by atoms with Crippen LogP contribution in [0.25, 0.3) is 0 Å². The molecule has 104 valence electrons. The van der Waals surface area contributed by atoms with Gasteiger partial charge in [-0.15, -0.1) is 0 Å². The molecule has 0 saturated heterocycles. The molecule has 1 saturated carbocycles. The zero-order valence-electron chi connectivity index (χ0n) is 10.8. The lowest BCUT2D eigenvalue weighted by molar-refractivity contribution is 0.0474. The first-order valence-electron chi connectivity index (χ1n) is 6.51. The normalized spacial score (nSPS) is 17.6. The van der Waals surface area contributed by atoms with Gasteiger partial charge in [0.1, 0.15) is 5.82 Å². The van der Waals surface area contributed by atoms with Crippen molar-refractivity contribution in [3.8, 4) is 0 Å². The van der Waals surface area contributed by atoms with Crippen molar-refractivity contribution >= 4 is 5.91 Å². The number of hydrogen-bond donors (Lipinski definition) is 3. The molecule has 19 heavy (non-hydrogen) atoms. The Hall–Kier alpha value is -1.46. The van der Waals surface area contributed by atoms with Crippen molar-refractivity contribution in [2.24, 2.45) is 5.73 Å². The van der Waals surface area contributed by atoms with Gasteiger partial charge in [0.15, 0.2) is 0 Å². The molecule has 1 aliphatic carbocycles.